The van der Waals surface area contributed by atoms with E-state index >= 15 is 0 Å². The van der Waals surface area contributed by atoms with Gasteiger partial charge in [0, 0.05) is 19.0 Å². The second kappa shape index (κ2) is 9.00. The maximum absolute atomic E-state index is 13.4. The van der Waals surface area contributed by atoms with Gasteiger partial charge in [-0.1, -0.05) is 55.5 Å². The van der Waals surface area contributed by atoms with Gasteiger partial charge in [0.2, 0.25) is 5.91 Å². The number of amides is 2. The van der Waals surface area contributed by atoms with E-state index < -0.39 is 29.4 Å². The number of carboxylic acid groups (broad SMARTS) is 1. The highest BCUT2D eigenvalue weighted by molar-refractivity contribution is 5.86. The second-order valence-electron chi connectivity index (χ2n) is 10.1. The molecule has 8 heteroatoms. The summed E-state index contributed by atoms with van der Waals surface area (Å²) in [4.78, 5) is 39.3. The summed E-state index contributed by atoms with van der Waals surface area (Å²) in [5.74, 6) is -1.86. The number of ether oxygens (including phenoxy) is 2. The van der Waals surface area contributed by atoms with Crippen molar-refractivity contribution in [3.05, 3.63) is 59.7 Å². The van der Waals surface area contributed by atoms with E-state index in [1.807, 2.05) is 31.2 Å². The maximum atomic E-state index is 13.4. The van der Waals surface area contributed by atoms with Crippen LogP contribution in [-0.2, 0) is 19.1 Å². The number of rotatable bonds is 5. The zero-order valence-corrected chi connectivity index (χ0v) is 19.9. The fourth-order valence-corrected chi connectivity index (χ4v) is 5.68. The van der Waals surface area contributed by atoms with Gasteiger partial charge in [0.15, 0.2) is 0 Å². The predicted molar refractivity (Wildman–Crippen MR) is 128 cm³/mol. The van der Waals surface area contributed by atoms with E-state index in [0.29, 0.717) is 6.54 Å². The number of fused-ring (bicyclic) bond motifs is 3. The number of carboxylic acids is 1. The van der Waals surface area contributed by atoms with Gasteiger partial charge in [0.25, 0.3) is 0 Å². The zero-order chi connectivity index (χ0) is 24.7. The first kappa shape index (κ1) is 23.4. The molecule has 2 amide bonds. The Morgan fingerprint density at radius 2 is 1.71 bits per heavy atom. The van der Waals surface area contributed by atoms with E-state index in [1.54, 1.807) is 11.8 Å². The quantitative estimate of drug-likeness (QED) is 0.684. The van der Waals surface area contributed by atoms with Gasteiger partial charge in [0.05, 0.1) is 30.6 Å². The van der Waals surface area contributed by atoms with Crippen LogP contribution in [0.3, 0.4) is 0 Å². The third-order valence-electron chi connectivity index (χ3n) is 7.80. The highest BCUT2D eigenvalue weighted by Crippen LogP contribution is 2.44. The number of nitrogens with one attached hydrogen (secondary N) is 1. The normalized spacial score (nSPS) is 27.4. The fraction of sp³-hybridized carbons (Fsp3) is 0.444. The minimum Gasteiger partial charge on any atom is -0.481 e. The van der Waals surface area contributed by atoms with Crippen LogP contribution < -0.4 is 5.32 Å². The van der Waals surface area contributed by atoms with Gasteiger partial charge in [0.1, 0.15) is 6.61 Å². The van der Waals surface area contributed by atoms with E-state index in [2.05, 4.69) is 29.6 Å². The summed E-state index contributed by atoms with van der Waals surface area (Å²) < 4.78 is 11.2. The van der Waals surface area contributed by atoms with Crippen LogP contribution >= 0.6 is 0 Å². The van der Waals surface area contributed by atoms with Gasteiger partial charge in [-0.2, -0.15) is 0 Å². The Bertz CT molecular complexity index is 1120. The molecule has 4 atom stereocenters. The number of alkyl carbamates (subject to hydrolysis) is 1. The predicted octanol–water partition coefficient (Wildman–Crippen LogP) is 3.11. The van der Waals surface area contributed by atoms with Crippen LogP contribution in [-0.4, -0.2) is 66.9 Å². The monoisotopic (exact) mass is 478 g/mol. The van der Waals surface area contributed by atoms with Gasteiger partial charge in [-0.05, 0) is 35.1 Å². The van der Waals surface area contributed by atoms with Gasteiger partial charge in [-0.3, -0.25) is 9.59 Å². The minimum absolute atomic E-state index is 0.0555. The van der Waals surface area contributed by atoms with Crippen molar-refractivity contribution in [2.24, 2.45) is 17.3 Å². The van der Waals surface area contributed by atoms with Crippen molar-refractivity contribution in [3.8, 4) is 11.1 Å². The van der Waals surface area contributed by atoms with Crippen molar-refractivity contribution in [2.75, 3.05) is 32.9 Å². The summed E-state index contributed by atoms with van der Waals surface area (Å²) in [5, 5.41) is 12.3. The van der Waals surface area contributed by atoms with Crippen LogP contribution in [0.5, 0.6) is 0 Å². The highest BCUT2D eigenvalue weighted by atomic mass is 16.5. The minimum atomic E-state index is -0.987. The number of likely N-dealkylation sites (tertiary alicyclic amines) is 1. The first-order chi connectivity index (χ1) is 16.8. The molecule has 4 unspecified atom stereocenters. The lowest BCUT2D eigenvalue weighted by Gasteiger charge is -2.32. The van der Waals surface area contributed by atoms with Crippen molar-refractivity contribution >= 4 is 18.0 Å². The van der Waals surface area contributed by atoms with Crippen LogP contribution in [0.4, 0.5) is 4.79 Å². The lowest BCUT2D eigenvalue weighted by Crippen LogP contribution is -2.54. The lowest BCUT2D eigenvalue weighted by molar-refractivity contribution is -0.143. The maximum Gasteiger partial charge on any atom is 0.407 e. The third-order valence-corrected chi connectivity index (χ3v) is 7.80. The summed E-state index contributed by atoms with van der Waals surface area (Å²) in [6.07, 6.45) is -0.598. The van der Waals surface area contributed by atoms with Crippen LogP contribution in [0.25, 0.3) is 11.1 Å². The molecular formula is C27H30N2O6. The van der Waals surface area contributed by atoms with E-state index in [1.165, 1.54) is 0 Å². The number of hydrogen-bond donors (Lipinski definition) is 2. The molecule has 1 aliphatic carbocycles. The molecule has 2 N–H and O–H groups in total. The van der Waals surface area contributed by atoms with Gasteiger partial charge < -0.3 is 24.8 Å². The molecule has 5 rings (SSSR count). The first-order valence-electron chi connectivity index (χ1n) is 12.0. The SMILES string of the molecule is CC1CN(C(=O)C2(C)COCC2NC(=O)OCC2c3ccccc3-c3ccccc32)CC1C(=O)O. The first-order valence-corrected chi connectivity index (χ1v) is 12.0. The number of benzene rings is 2. The Morgan fingerprint density at radius 1 is 1.09 bits per heavy atom. The Labute approximate surface area is 204 Å². The zero-order valence-electron chi connectivity index (χ0n) is 19.9. The van der Waals surface area contributed by atoms with Gasteiger partial charge in [-0.25, -0.2) is 4.79 Å². The molecule has 0 radical (unpaired) electrons. The average Bonchev–Trinajstić information content (AvgIpc) is 3.51. The molecule has 3 aliphatic rings. The lowest BCUT2D eigenvalue weighted by atomic mass is 9.83. The molecule has 2 fully saturated rings. The summed E-state index contributed by atoms with van der Waals surface area (Å²) in [6.45, 7) is 4.68. The number of aliphatic carboxylic acids is 1. The van der Waals surface area contributed by atoms with E-state index in [4.69, 9.17) is 9.47 Å². The van der Waals surface area contributed by atoms with E-state index in [-0.39, 0.29) is 44.1 Å². The molecular weight excluding hydrogens is 448 g/mol. The standard InChI is InChI=1S/C27H30N2O6/c1-16-11-29(12-21(16)24(30)31)25(32)27(2)15-34-14-23(27)28-26(33)35-13-22-19-9-5-3-7-17(19)18-8-4-6-10-20(18)22/h3-10,16,21-23H,11-15H2,1-2H3,(H,28,33)(H,30,31). The van der Waals surface area contributed by atoms with Crippen molar-refractivity contribution < 1.29 is 29.0 Å². The fourth-order valence-electron chi connectivity index (χ4n) is 5.68. The van der Waals surface area contributed by atoms with E-state index in [0.717, 1.165) is 22.3 Å². The summed E-state index contributed by atoms with van der Waals surface area (Å²) in [7, 11) is 0. The molecule has 35 heavy (non-hydrogen) atoms. The molecule has 2 aliphatic heterocycles. The Morgan fingerprint density at radius 3 is 2.31 bits per heavy atom. The number of nitrogens with zero attached hydrogens (tertiary/aromatic N) is 1. The van der Waals surface area contributed by atoms with E-state index in [9.17, 15) is 19.5 Å². The van der Waals surface area contributed by atoms with Crippen molar-refractivity contribution in [1.82, 2.24) is 10.2 Å². The molecule has 0 spiro atoms. The molecule has 184 valence electrons. The number of hydrogen-bond acceptors (Lipinski definition) is 5. The molecule has 8 nitrogen and oxygen atoms in total. The largest absolute Gasteiger partial charge is 0.481 e. The molecule has 2 heterocycles. The third kappa shape index (κ3) is 4.05. The molecule has 2 saturated heterocycles. The second-order valence-corrected chi connectivity index (χ2v) is 10.1. The molecule has 2 aromatic carbocycles. The van der Waals surface area contributed by atoms with Crippen LogP contribution in [0.1, 0.15) is 30.9 Å². The summed E-state index contributed by atoms with van der Waals surface area (Å²) in [6, 6.07) is 15.7. The number of carbonyl (C=O) groups is 3. The smallest absolute Gasteiger partial charge is 0.407 e. The van der Waals surface area contributed by atoms with Crippen LogP contribution in [0.15, 0.2) is 48.5 Å². The molecule has 0 aromatic heterocycles. The van der Waals surface area contributed by atoms with Crippen molar-refractivity contribution in [3.63, 3.8) is 0 Å². The Kier molecular flexibility index (Phi) is 6.01. The Hall–Kier alpha value is -3.39. The topological polar surface area (TPSA) is 105 Å². The molecule has 0 saturated carbocycles. The number of carbonyl (C=O) groups excluding carboxylic acids is 2. The summed E-state index contributed by atoms with van der Waals surface area (Å²) >= 11 is 0. The Balaban J connectivity index is 1.24. The average molecular weight is 479 g/mol. The van der Waals surface area contributed by atoms with Crippen LogP contribution in [0.2, 0.25) is 0 Å². The molecule has 0 bridgehead atoms. The highest BCUT2D eigenvalue weighted by Gasteiger charge is 2.51. The summed E-state index contributed by atoms with van der Waals surface area (Å²) in [5.41, 5.74) is 3.57. The van der Waals surface area contributed by atoms with Gasteiger partial charge >= 0.3 is 12.1 Å². The molecule has 2 aromatic rings. The van der Waals surface area contributed by atoms with Crippen LogP contribution in [0, 0.1) is 17.3 Å². The van der Waals surface area contributed by atoms with Crippen molar-refractivity contribution in [2.45, 2.75) is 25.8 Å². The van der Waals surface area contributed by atoms with Gasteiger partial charge in [-0.15, -0.1) is 0 Å². The van der Waals surface area contributed by atoms with Crippen molar-refractivity contribution in [1.29, 1.82) is 0 Å².